The van der Waals surface area contributed by atoms with Gasteiger partial charge in [0.15, 0.2) is 0 Å². The number of para-hydroxylation sites is 2. The second-order valence-electron chi connectivity index (χ2n) is 22.0. The van der Waals surface area contributed by atoms with Crippen LogP contribution in [0.25, 0.3) is 0 Å². The van der Waals surface area contributed by atoms with Crippen LogP contribution in [0.15, 0.2) is 120 Å². The van der Waals surface area contributed by atoms with E-state index in [0.29, 0.717) is 5.92 Å². The lowest BCUT2D eigenvalue weighted by atomic mass is 9.60. The summed E-state index contributed by atoms with van der Waals surface area (Å²) in [5.74, 6) is 0.342. The van der Waals surface area contributed by atoms with Gasteiger partial charge in [0, 0.05) is 22.2 Å². The molecule has 2 unspecified atom stereocenters. The third-order valence-corrected chi connectivity index (χ3v) is 12.6. The van der Waals surface area contributed by atoms with E-state index in [1.165, 1.54) is 39.2 Å². The first kappa shape index (κ1) is 43.1. The minimum Gasteiger partial charge on any atom is -0.326 e. The summed E-state index contributed by atoms with van der Waals surface area (Å²) in [5, 5.41) is 0. The fourth-order valence-corrected chi connectivity index (χ4v) is 9.36. The molecule has 3 aromatic carbocycles. The van der Waals surface area contributed by atoms with Crippen LogP contribution in [0.4, 0.5) is 17.1 Å². The van der Waals surface area contributed by atoms with Gasteiger partial charge in [0.2, 0.25) is 0 Å². The number of hydrogen-bond donors (Lipinski definition) is 0. The predicted molar refractivity (Wildman–Crippen MR) is 246 cm³/mol. The minimum atomic E-state index is -0.162. The second kappa shape index (κ2) is 15.1. The summed E-state index contributed by atoms with van der Waals surface area (Å²) in [5.41, 5.74) is 16.5. The van der Waals surface area contributed by atoms with Gasteiger partial charge in [0.1, 0.15) is 0 Å². The molecule has 0 saturated heterocycles. The first-order valence-electron chi connectivity index (χ1n) is 21.1. The van der Waals surface area contributed by atoms with Crippen molar-refractivity contribution in [1.82, 2.24) is 0 Å². The van der Waals surface area contributed by atoms with E-state index in [4.69, 9.17) is 0 Å². The molecule has 3 aromatic rings. The molecule has 2 nitrogen and oxygen atoms in total. The van der Waals surface area contributed by atoms with E-state index >= 15 is 0 Å². The third-order valence-electron chi connectivity index (χ3n) is 12.6. The summed E-state index contributed by atoms with van der Waals surface area (Å²) in [6, 6.07) is 25.6. The maximum Gasteiger partial charge on any atom is 0.0841 e. The van der Waals surface area contributed by atoms with Crippen molar-refractivity contribution in [3.63, 3.8) is 0 Å². The fourth-order valence-electron chi connectivity index (χ4n) is 9.36. The normalized spacial score (nSPS) is 18.6. The Hall–Kier alpha value is -4.00. The Balaban J connectivity index is 1.78. The molecule has 0 aromatic heterocycles. The Morgan fingerprint density at radius 2 is 1.30 bits per heavy atom. The topological polar surface area (TPSA) is 6.48 Å². The van der Waals surface area contributed by atoms with Gasteiger partial charge in [-0.15, -0.1) is 5.73 Å². The minimum absolute atomic E-state index is 0.0169. The molecular weight excluding hydrogens is 677 g/mol. The molecule has 5 rings (SSSR count). The Labute approximate surface area is 343 Å². The molecule has 0 fully saturated rings. The largest absolute Gasteiger partial charge is 0.326 e. The van der Waals surface area contributed by atoms with Crippen LogP contribution in [0.2, 0.25) is 0 Å². The van der Waals surface area contributed by atoms with Crippen LogP contribution in [0.3, 0.4) is 0 Å². The van der Waals surface area contributed by atoms with Crippen LogP contribution >= 0.6 is 0 Å². The summed E-state index contributed by atoms with van der Waals surface area (Å²) in [7, 11) is 0. The van der Waals surface area contributed by atoms with Gasteiger partial charge in [-0.05, 0) is 99.9 Å². The van der Waals surface area contributed by atoms with E-state index in [1.54, 1.807) is 0 Å². The monoisotopic (exact) mass is 751 g/mol. The highest BCUT2D eigenvalue weighted by Crippen LogP contribution is 2.52. The molecule has 2 heteroatoms. The molecule has 0 N–H and O–H groups in total. The van der Waals surface area contributed by atoms with Crippen molar-refractivity contribution in [3.05, 3.63) is 143 Å². The number of anilines is 3. The number of allylic oxidation sites excluding steroid dienone is 4. The maximum atomic E-state index is 4.28. The van der Waals surface area contributed by atoms with Gasteiger partial charge in [-0.2, -0.15) is 0 Å². The van der Waals surface area contributed by atoms with E-state index < -0.39 is 0 Å². The van der Waals surface area contributed by atoms with Crippen LogP contribution < -0.4 is 9.80 Å². The molecule has 2 atom stereocenters. The number of fused-ring (bicyclic) bond motifs is 2. The van der Waals surface area contributed by atoms with Crippen LogP contribution in [-0.2, 0) is 10.8 Å². The molecule has 0 heterocycles. The summed E-state index contributed by atoms with van der Waals surface area (Å²) >= 11 is 0. The fraction of sp³-hybridized carbons (Fsp3) is 0.500. The van der Waals surface area contributed by atoms with E-state index in [0.717, 1.165) is 29.9 Å². The highest BCUT2D eigenvalue weighted by atomic mass is 15.2. The quantitative estimate of drug-likeness (QED) is 0.116. The highest BCUT2D eigenvalue weighted by Gasteiger charge is 2.42. The molecule has 2 aliphatic rings. The summed E-state index contributed by atoms with van der Waals surface area (Å²) in [4.78, 5) is 5.03. The van der Waals surface area contributed by atoms with Crippen molar-refractivity contribution in [1.29, 1.82) is 0 Å². The Morgan fingerprint density at radius 1 is 0.786 bits per heavy atom. The molecule has 56 heavy (non-hydrogen) atoms. The van der Waals surface area contributed by atoms with Crippen molar-refractivity contribution in [3.8, 4) is 0 Å². The zero-order valence-corrected chi connectivity index (χ0v) is 38.3. The molecular formula is C54H74N2. The zero-order valence-electron chi connectivity index (χ0n) is 38.3. The van der Waals surface area contributed by atoms with Crippen molar-refractivity contribution < 1.29 is 0 Å². The summed E-state index contributed by atoms with van der Waals surface area (Å²) in [6.45, 7) is 44.3. The smallest absolute Gasteiger partial charge is 0.0841 e. The Kier molecular flexibility index (Phi) is 11.6. The first-order chi connectivity index (χ1) is 25.7. The van der Waals surface area contributed by atoms with E-state index in [2.05, 4.69) is 231 Å². The van der Waals surface area contributed by atoms with Crippen LogP contribution in [-0.4, -0.2) is 6.04 Å². The number of nitrogens with zero attached hydrogens (tertiary/aromatic N) is 2. The van der Waals surface area contributed by atoms with Crippen LogP contribution in [0.5, 0.6) is 0 Å². The first-order valence-corrected chi connectivity index (χ1v) is 21.1. The van der Waals surface area contributed by atoms with Gasteiger partial charge in [0.25, 0.3) is 0 Å². The van der Waals surface area contributed by atoms with Crippen molar-refractivity contribution in [2.75, 3.05) is 9.80 Å². The van der Waals surface area contributed by atoms with Gasteiger partial charge < -0.3 is 9.80 Å². The Bertz CT molecular complexity index is 2070. The van der Waals surface area contributed by atoms with Gasteiger partial charge in [-0.3, -0.25) is 0 Å². The third kappa shape index (κ3) is 8.77. The molecule has 0 amide bonds. The van der Waals surface area contributed by atoms with E-state index in [1.807, 2.05) is 0 Å². The molecule has 2 aliphatic carbocycles. The van der Waals surface area contributed by atoms with Gasteiger partial charge in [-0.25, -0.2) is 0 Å². The predicted octanol–water partition coefficient (Wildman–Crippen LogP) is 15.6. The van der Waals surface area contributed by atoms with Crippen molar-refractivity contribution in [2.24, 2.45) is 27.6 Å². The van der Waals surface area contributed by atoms with Gasteiger partial charge in [-0.1, -0.05) is 184 Å². The number of rotatable bonds is 10. The zero-order chi connectivity index (χ0) is 41.8. The standard InChI is InChI=1S/C54H74N2/c1-19-40(30-31-49(4,5)6)56(42-33-39(34-42)51(10,11)12)48-27-23-22-26-47(48)55(38(3)32-37(2)52(13,14)36-50(7,8)9)41-28-29-45-46(35-41)54(17,18)44-25-21-20-24-43(44)53(45,15)16/h20-33,35,37,42H,1,34,36H2,2-18H3/b31-30?,38-32+. The van der Waals surface area contributed by atoms with E-state index in [-0.39, 0.29) is 38.5 Å². The lowest BCUT2D eigenvalue weighted by Gasteiger charge is -2.45. The Morgan fingerprint density at radius 3 is 1.82 bits per heavy atom. The summed E-state index contributed by atoms with van der Waals surface area (Å²) in [6.07, 6.45) is 11.7. The maximum absolute atomic E-state index is 4.28. The lowest BCUT2D eigenvalue weighted by molar-refractivity contribution is 0.166. The van der Waals surface area contributed by atoms with Gasteiger partial charge in [0.05, 0.1) is 23.1 Å². The summed E-state index contributed by atoms with van der Waals surface area (Å²) < 4.78 is 0. The molecule has 0 aliphatic heterocycles. The molecule has 0 saturated carbocycles. The number of benzene rings is 3. The SMILES string of the molecule is C=C=C(C=CC(C)(C)C)N(c1ccccc1N(/C(C)=C/C(C)C(C)(C)CC(C)(C)C)c1ccc2c(c1)C(C)(C)c1ccccc1C2(C)C)C1C=C(C(C)(C)C)C1. The van der Waals surface area contributed by atoms with Crippen LogP contribution in [0, 0.1) is 27.6 Å². The lowest BCUT2D eigenvalue weighted by Crippen LogP contribution is -2.41. The van der Waals surface area contributed by atoms with Crippen LogP contribution in [0.1, 0.15) is 153 Å². The average Bonchev–Trinajstić information content (AvgIpc) is 3.04. The molecule has 0 spiro atoms. The van der Waals surface area contributed by atoms with Crippen molar-refractivity contribution >= 4 is 17.1 Å². The molecule has 0 bridgehead atoms. The second-order valence-corrected chi connectivity index (χ2v) is 22.0. The molecule has 300 valence electrons. The molecule has 0 radical (unpaired) electrons. The average molecular weight is 751 g/mol. The number of hydrogen-bond acceptors (Lipinski definition) is 2. The van der Waals surface area contributed by atoms with Gasteiger partial charge >= 0.3 is 0 Å². The van der Waals surface area contributed by atoms with E-state index in [9.17, 15) is 0 Å². The highest BCUT2D eigenvalue weighted by molar-refractivity contribution is 5.83. The van der Waals surface area contributed by atoms with Crippen molar-refractivity contribution in [2.45, 2.75) is 147 Å².